The Morgan fingerprint density at radius 1 is 1.08 bits per heavy atom. The summed E-state index contributed by atoms with van der Waals surface area (Å²) in [5, 5.41) is 11.4. The molecule has 1 heterocycles. The average Bonchev–Trinajstić information content (AvgIpc) is 2.61. The SMILES string of the molecule is CC(C)c1ccc(N2CCC(O)(C#Cc3cccc(Cl)c3)CC2)cc1. The summed E-state index contributed by atoms with van der Waals surface area (Å²) in [6.45, 7) is 6.02. The van der Waals surface area contributed by atoms with Crippen molar-refractivity contribution < 1.29 is 5.11 Å². The van der Waals surface area contributed by atoms with Gasteiger partial charge >= 0.3 is 0 Å². The molecule has 0 radical (unpaired) electrons. The normalized spacial score (nSPS) is 16.4. The highest BCUT2D eigenvalue weighted by Gasteiger charge is 2.30. The Morgan fingerprint density at radius 3 is 2.36 bits per heavy atom. The van der Waals surface area contributed by atoms with E-state index in [1.165, 1.54) is 11.3 Å². The van der Waals surface area contributed by atoms with E-state index in [-0.39, 0.29) is 0 Å². The van der Waals surface area contributed by atoms with Crippen molar-refractivity contribution in [2.24, 2.45) is 0 Å². The van der Waals surface area contributed by atoms with Crippen molar-refractivity contribution in [2.45, 2.75) is 38.2 Å². The van der Waals surface area contributed by atoms with E-state index in [1.54, 1.807) is 0 Å². The molecular weight excluding hydrogens is 330 g/mol. The molecule has 1 N–H and O–H groups in total. The molecule has 0 unspecified atom stereocenters. The van der Waals surface area contributed by atoms with Gasteiger partial charge in [-0.25, -0.2) is 0 Å². The first-order valence-corrected chi connectivity index (χ1v) is 9.19. The Balaban J connectivity index is 1.64. The minimum Gasteiger partial charge on any atom is -0.377 e. The van der Waals surface area contributed by atoms with Gasteiger partial charge in [-0.15, -0.1) is 0 Å². The molecule has 25 heavy (non-hydrogen) atoms. The van der Waals surface area contributed by atoms with E-state index in [0.29, 0.717) is 23.8 Å². The van der Waals surface area contributed by atoms with Crippen LogP contribution in [0.1, 0.15) is 43.7 Å². The largest absolute Gasteiger partial charge is 0.377 e. The number of anilines is 1. The number of piperidine rings is 1. The van der Waals surface area contributed by atoms with Crippen LogP contribution in [0, 0.1) is 11.8 Å². The van der Waals surface area contributed by atoms with E-state index in [0.717, 1.165) is 18.7 Å². The molecule has 1 aliphatic rings. The lowest BCUT2D eigenvalue weighted by Crippen LogP contribution is -2.43. The van der Waals surface area contributed by atoms with Crippen LogP contribution in [0.5, 0.6) is 0 Å². The predicted octanol–water partition coefficient (Wildman–Crippen LogP) is 4.85. The van der Waals surface area contributed by atoms with E-state index in [4.69, 9.17) is 11.6 Å². The minimum atomic E-state index is -0.920. The van der Waals surface area contributed by atoms with Crippen LogP contribution in [0.4, 0.5) is 5.69 Å². The fourth-order valence-corrected chi connectivity index (χ4v) is 3.27. The summed E-state index contributed by atoms with van der Waals surface area (Å²) in [6, 6.07) is 16.2. The molecule has 0 aromatic heterocycles. The van der Waals surface area contributed by atoms with Gasteiger partial charge in [-0.3, -0.25) is 0 Å². The zero-order chi connectivity index (χ0) is 17.9. The highest BCUT2D eigenvalue weighted by atomic mass is 35.5. The van der Waals surface area contributed by atoms with Gasteiger partial charge in [-0.1, -0.05) is 55.5 Å². The molecule has 0 aliphatic carbocycles. The third-order valence-electron chi connectivity index (χ3n) is 4.78. The van der Waals surface area contributed by atoms with Gasteiger partial charge in [0.15, 0.2) is 0 Å². The first-order chi connectivity index (χ1) is 12.0. The summed E-state index contributed by atoms with van der Waals surface area (Å²) in [7, 11) is 0. The number of benzene rings is 2. The van der Waals surface area contributed by atoms with Gasteiger partial charge in [0.1, 0.15) is 5.60 Å². The summed E-state index contributed by atoms with van der Waals surface area (Å²) < 4.78 is 0. The van der Waals surface area contributed by atoms with Crippen LogP contribution >= 0.6 is 11.6 Å². The summed E-state index contributed by atoms with van der Waals surface area (Å²) >= 11 is 5.98. The van der Waals surface area contributed by atoms with Gasteiger partial charge in [0.05, 0.1) is 0 Å². The van der Waals surface area contributed by atoms with Gasteiger partial charge in [0.25, 0.3) is 0 Å². The summed E-state index contributed by atoms with van der Waals surface area (Å²) in [5.41, 5.74) is 2.49. The second kappa shape index (κ2) is 7.52. The fourth-order valence-electron chi connectivity index (χ4n) is 3.08. The van der Waals surface area contributed by atoms with Crippen LogP contribution < -0.4 is 4.90 Å². The first-order valence-electron chi connectivity index (χ1n) is 8.81. The Kier molecular flexibility index (Phi) is 5.37. The number of hydrogen-bond acceptors (Lipinski definition) is 2. The van der Waals surface area contributed by atoms with E-state index >= 15 is 0 Å². The molecule has 0 atom stereocenters. The van der Waals surface area contributed by atoms with Crippen molar-refractivity contribution in [3.63, 3.8) is 0 Å². The first kappa shape index (κ1) is 17.9. The maximum atomic E-state index is 10.8. The molecule has 2 aromatic rings. The second-order valence-corrected chi connectivity index (χ2v) is 7.46. The predicted molar refractivity (Wildman–Crippen MR) is 105 cm³/mol. The number of rotatable bonds is 2. The number of aliphatic hydroxyl groups is 1. The number of nitrogens with zero attached hydrogens (tertiary/aromatic N) is 1. The summed E-state index contributed by atoms with van der Waals surface area (Å²) in [6.07, 6.45) is 1.29. The van der Waals surface area contributed by atoms with Crippen molar-refractivity contribution in [3.05, 3.63) is 64.7 Å². The van der Waals surface area contributed by atoms with Gasteiger partial charge < -0.3 is 10.0 Å². The molecule has 3 heteroatoms. The van der Waals surface area contributed by atoms with Gasteiger partial charge in [0, 0.05) is 42.2 Å². The maximum Gasteiger partial charge on any atom is 0.129 e. The van der Waals surface area contributed by atoms with E-state index in [1.807, 2.05) is 24.3 Å². The lowest BCUT2D eigenvalue weighted by Gasteiger charge is -2.36. The summed E-state index contributed by atoms with van der Waals surface area (Å²) in [5.74, 6) is 6.67. The van der Waals surface area contributed by atoms with E-state index in [9.17, 15) is 5.11 Å². The second-order valence-electron chi connectivity index (χ2n) is 7.03. The van der Waals surface area contributed by atoms with Gasteiger partial charge in [0.2, 0.25) is 0 Å². The molecule has 1 saturated heterocycles. The topological polar surface area (TPSA) is 23.5 Å². The molecule has 2 nitrogen and oxygen atoms in total. The van der Waals surface area contributed by atoms with Crippen molar-refractivity contribution in [1.82, 2.24) is 0 Å². The highest BCUT2D eigenvalue weighted by molar-refractivity contribution is 6.30. The van der Waals surface area contributed by atoms with Gasteiger partial charge in [-0.2, -0.15) is 0 Å². The Morgan fingerprint density at radius 2 is 1.76 bits per heavy atom. The van der Waals surface area contributed by atoms with E-state index in [2.05, 4.69) is 54.9 Å². The zero-order valence-electron chi connectivity index (χ0n) is 14.8. The molecule has 0 bridgehead atoms. The molecule has 1 aliphatic heterocycles. The molecule has 1 fully saturated rings. The molecule has 3 rings (SSSR count). The van der Waals surface area contributed by atoms with Crippen LogP contribution in [0.2, 0.25) is 5.02 Å². The lowest BCUT2D eigenvalue weighted by molar-refractivity contribution is 0.0746. The molecule has 0 saturated carbocycles. The van der Waals surface area contributed by atoms with Crippen LogP contribution in [-0.2, 0) is 0 Å². The molecule has 0 spiro atoms. The molecule has 2 aromatic carbocycles. The molecule has 0 amide bonds. The quantitative estimate of drug-likeness (QED) is 0.780. The smallest absolute Gasteiger partial charge is 0.129 e. The van der Waals surface area contributed by atoms with Crippen LogP contribution in [-0.4, -0.2) is 23.8 Å². The Labute approximate surface area is 155 Å². The maximum absolute atomic E-state index is 10.8. The third-order valence-corrected chi connectivity index (χ3v) is 5.01. The van der Waals surface area contributed by atoms with Gasteiger partial charge in [-0.05, 0) is 41.8 Å². The summed E-state index contributed by atoms with van der Waals surface area (Å²) in [4.78, 5) is 2.32. The Bertz CT molecular complexity index is 778. The lowest BCUT2D eigenvalue weighted by atomic mass is 9.91. The highest BCUT2D eigenvalue weighted by Crippen LogP contribution is 2.27. The minimum absolute atomic E-state index is 0.544. The van der Waals surface area contributed by atoms with Crippen LogP contribution in [0.15, 0.2) is 48.5 Å². The van der Waals surface area contributed by atoms with Crippen molar-refractivity contribution in [3.8, 4) is 11.8 Å². The fraction of sp³-hybridized carbons (Fsp3) is 0.364. The molecular formula is C22H24ClNO. The number of halogens is 1. The Hall–Kier alpha value is -1.95. The standard InChI is InChI=1S/C22H24ClNO/c1-17(2)19-6-8-21(9-7-19)24-14-12-22(25,13-15-24)11-10-18-4-3-5-20(23)16-18/h3-9,16-17,25H,12-15H2,1-2H3. The average molecular weight is 354 g/mol. The van der Waals surface area contributed by atoms with E-state index < -0.39 is 5.60 Å². The number of hydrogen-bond donors (Lipinski definition) is 1. The van der Waals surface area contributed by atoms with Crippen molar-refractivity contribution >= 4 is 17.3 Å². The monoisotopic (exact) mass is 353 g/mol. The van der Waals surface area contributed by atoms with Crippen LogP contribution in [0.25, 0.3) is 0 Å². The van der Waals surface area contributed by atoms with Crippen molar-refractivity contribution in [2.75, 3.05) is 18.0 Å². The third kappa shape index (κ3) is 4.57. The van der Waals surface area contributed by atoms with Crippen molar-refractivity contribution in [1.29, 1.82) is 0 Å². The molecule has 130 valence electrons. The van der Waals surface area contributed by atoms with Crippen LogP contribution in [0.3, 0.4) is 0 Å². The zero-order valence-corrected chi connectivity index (χ0v) is 15.6.